The Balaban J connectivity index is 1.20. The van der Waals surface area contributed by atoms with Gasteiger partial charge in [-0.1, -0.05) is 67.6 Å². The monoisotopic (exact) mass is 472 g/mol. The van der Waals surface area contributed by atoms with E-state index in [-0.39, 0.29) is 36.3 Å². The molecular formula is C28H28N2O5. The second-order valence-corrected chi connectivity index (χ2v) is 8.79. The molecule has 4 rings (SSSR count). The minimum Gasteiger partial charge on any atom is -0.478 e. The first-order valence-electron chi connectivity index (χ1n) is 11.6. The second kappa shape index (κ2) is 10.9. The number of aromatic carboxylic acids is 1. The van der Waals surface area contributed by atoms with Crippen molar-refractivity contribution in [2.45, 2.75) is 25.8 Å². The number of hydrogen-bond acceptors (Lipinski definition) is 4. The quantitative estimate of drug-likeness (QED) is 0.423. The summed E-state index contributed by atoms with van der Waals surface area (Å²) >= 11 is 0. The minimum absolute atomic E-state index is 0.000848. The molecule has 0 saturated heterocycles. The van der Waals surface area contributed by atoms with Crippen LogP contribution in [0.25, 0.3) is 11.1 Å². The summed E-state index contributed by atoms with van der Waals surface area (Å²) in [6.07, 6.45) is -0.255. The van der Waals surface area contributed by atoms with Gasteiger partial charge in [0, 0.05) is 25.4 Å². The van der Waals surface area contributed by atoms with E-state index >= 15 is 0 Å². The highest BCUT2D eigenvalue weighted by Crippen LogP contribution is 2.44. The van der Waals surface area contributed by atoms with E-state index in [2.05, 4.69) is 34.9 Å². The van der Waals surface area contributed by atoms with Crippen LogP contribution < -0.4 is 10.6 Å². The molecule has 3 aromatic carbocycles. The van der Waals surface area contributed by atoms with Crippen LogP contribution in [0.15, 0.2) is 72.8 Å². The summed E-state index contributed by atoms with van der Waals surface area (Å²) < 4.78 is 5.53. The van der Waals surface area contributed by atoms with Crippen LogP contribution in [-0.4, -0.2) is 36.2 Å². The largest absolute Gasteiger partial charge is 0.478 e. The summed E-state index contributed by atoms with van der Waals surface area (Å²) in [5.74, 6) is -1.21. The molecule has 1 aliphatic rings. The average molecular weight is 473 g/mol. The van der Waals surface area contributed by atoms with Gasteiger partial charge in [0.15, 0.2) is 0 Å². The highest BCUT2D eigenvalue weighted by atomic mass is 16.5. The predicted octanol–water partition coefficient (Wildman–Crippen LogP) is 4.57. The van der Waals surface area contributed by atoms with Crippen LogP contribution in [-0.2, 0) is 16.1 Å². The van der Waals surface area contributed by atoms with Crippen LogP contribution in [0.4, 0.5) is 4.79 Å². The number of carboxylic acid groups (broad SMARTS) is 1. The molecule has 1 aliphatic carbocycles. The zero-order valence-electron chi connectivity index (χ0n) is 19.5. The third-order valence-corrected chi connectivity index (χ3v) is 6.16. The van der Waals surface area contributed by atoms with E-state index in [1.54, 1.807) is 12.1 Å². The maximum absolute atomic E-state index is 12.3. The lowest BCUT2D eigenvalue weighted by Gasteiger charge is -2.16. The SMILES string of the molecule is CC(CNC(=O)OCC1c2ccccc2-c2ccccc21)CC(=O)NCc1ccc(C(=O)O)cc1. The molecule has 180 valence electrons. The smallest absolute Gasteiger partial charge is 0.407 e. The number of fused-ring (bicyclic) bond motifs is 3. The van der Waals surface area contributed by atoms with E-state index in [1.807, 2.05) is 31.2 Å². The Hall–Kier alpha value is -4.13. The summed E-state index contributed by atoms with van der Waals surface area (Å²) in [6.45, 7) is 2.75. The first-order chi connectivity index (χ1) is 16.9. The van der Waals surface area contributed by atoms with Crippen molar-refractivity contribution < 1.29 is 24.2 Å². The van der Waals surface area contributed by atoms with E-state index in [0.717, 1.165) is 16.7 Å². The van der Waals surface area contributed by atoms with Gasteiger partial charge in [-0.3, -0.25) is 4.79 Å². The molecule has 7 heteroatoms. The molecule has 0 fully saturated rings. The van der Waals surface area contributed by atoms with Crippen molar-refractivity contribution in [2.75, 3.05) is 13.2 Å². The van der Waals surface area contributed by atoms with Gasteiger partial charge < -0.3 is 20.5 Å². The van der Waals surface area contributed by atoms with Crippen LogP contribution in [0.1, 0.15) is 46.3 Å². The maximum Gasteiger partial charge on any atom is 0.407 e. The lowest BCUT2D eigenvalue weighted by atomic mass is 9.98. The van der Waals surface area contributed by atoms with E-state index in [4.69, 9.17) is 9.84 Å². The summed E-state index contributed by atoms with van der Waals surface area (Å²) in [5.41, 5.74) is 5.68. The Morgan fingerprint density at radius 1 is 0.886 bits per heavy atom. The lowest BCUT2D eigenvalue weighted by Crippen LogP contribution is -2.32. The zero-order valence-corrected chi connectivity index (χ0v) is 19.5. The highest BCUT2D eigenvalue weighted by Gasteiger charge is 2.29. The number of carboxylic acids is 1. The number of hydrogen-bond donors (Lipinski definition) is 3. The second-order valence-electron chi connectivity index (χ2n) is 8.79. The number of alkyl carbamates (subject to hydrolysis) is 1. The number of carbonyl (C=O) groups excluding carboxylic acids is 2. The van der Waals surface area contributed by atoms with Gasteiger partial charge in [0.25, 0.3) is 0 Å². The summed E-state index contributed by atoms with van der Waals surface area (Å²) in [4.78, 5) is 35.5. The average Bonchev–Trinajstić information content (AvgIpc) is 3.19. The van der Waals surface area contributed by atoms with Gasteiger partial charge in [-0.2, -0.15) is 0 Å². The molecule has 0 bridgehead atoms. The van der Waals surface area contributed by atoms with Gasteiger partial charge in [-0.15, -0.1) is 0 Å². The first kappa shape index (κ1) is 24.0. The fourth-order valence-corrected chi connectivity index (χ4v) is 4.33. The van der Waals surface area contributed by atoms with Crippen LogP contribution in [0.2, 0.25) is 0 Å². The van der Waals surface area contributed by atoms with Gasteiger partial charge >= 0.3 is 12.1 Å². The molecule has 3 N–H and O–H groups in total. The molecule has 1 unspecified atom stereocenters. The van der Waals surface area contributed by atoms with E-state index in [1.165, 1.54) is 23.3 Å². The fraction of sp³-hybridized carbons (Fsp3) is 0.250. The van der Waals surface area contributed by atoms with Gasteiger partial charge in [0.2, 0.25) is 5.91 Å². The van der Waals surface area contributed by atoms with Gasteiger partial charge in [0.1, 0.15) is 6.61 Å². The minimum atomic E-state index is -0.988. The van der Waals surface area contributed by atoms with Crippen molar-refractivity contribution in [3.63, 3.8) is 0 Å². The van der Waals surface area contributed by atoms with Crippen molar-refractivity contribution >= 4 is 18.0 Å². The Bertz CT molecular complexity index is 1180. The maximum atomic E-state index is 12.3. The third-order valence-electron chi connectivity index (χ3n) is 6.16. The molecule has 2 amide bonds. The van der Waals surface area contributed by atoms with E-state index in [9.17, 15) is 14.4 Å². The van der Waals surface area contributed by atoms with Crippen LogP contribution in [0, 0.1) is 5.92 Å². The zero-order chi connectivity index (χ0) is 24.8. The molecule has 1 atom stereocenters. The highest BCUT2D eigenvalue weighted by molar-refractivity contribution is 5.87. The first-order valence-corrected chi connectivity index (χ1v) is 11.6. The lowest BCUT2D eigenvalue weighted by molar-refractivity contribution is -0.122. The van der Waals surface area contributed by atoms with Crippen LogP contribution >= 0.6 is 0 Å². The summed E-state index contributed by atoms with van der Waals surface area (Å²) in [5, 5.41) is 14.5. The summed E-state index contributed by atoms with van der Waals surface area (Å²) in [6, 6.07) is 22.7. The molecule has 0 spiro atoms. The van der Waals surface area contributed by atoms with Crippen molar-refractivity contribution in [3.05, 3.63) is 95.1 Å². The third kappa shape index (κ3) is 5.87. The fourth-order valence-electron chi connectivity index (χ4n) is 4.33. The van der Waals surface area contributed by atoms with Crippen molar-refractivity contribution in [1.82, 2.24) is 10.6 Å². The Morgan fingerprint density at radius 3 is 2.09 bits per heavy atom. The van der Waals surface area contributed by atoms with Gasteiger partial charge in [-0.05, 0) is 45.9 Å². The molecule has 0 aliphatic heterocycles. The van der Waals surface area contributed by atoms with Crippen molar-refractivity contribution in [3.8, 4) is 11.1 Å². The van der Waals surface area contributed by atoms with Gasteiger partial charge in [0.05, 0.1) is 5.56 Å². The van der Waals surface area contributed by atoms with Crippen molar-refractivity contribution in [1.29, 1.82) is 0 Å². The van der Waals surface area contributed by atoms with Gasteiger partial charge in [-0.25, -0.2) is 9.59 Å². The van der Waals surface area contributed by atoms with E-state index < -0.39 is 12.1 Å². The summed E-state index contributed by atoms with van der Waals surface area (Å²) in [7, 11) is 0. The Kier molecular flexibility index (Phi) is 7.45. The molecule has 0 radical (unpaired) electrons. The molecule has 0 heterocycles. The topological polar surface area (TPSA) is 105 Å². The number of benzene rings is 3. The molecule has 0 aromatic heterocycles. The molecule has 35 heavy (non-hydrogen) atoms. The molecular weight excluding hydrogens is 444 g/mol. The molecule has 3 aromatic rings. The van der Waals surface area contributed by atoms with Crippen molar-refractivity contribution in [2.24, 2.45) is 5.92 Å². The molecule has 0 saturated carbocycles. The number of nitrogens with one attached hydrogen (secondary N) is 2. The predicted molar refractivity (Wildman–Crippen MR) is 132 cm³/mol. The van der Waals surface area contributed by atoms with E-state index in [0.29, 0.717) is 13.1 Å². The Labute approximate surface area is 204 Å². The number of rotatable bonds is 9. The normalized spacial score (nSPS) is 12.8. The number of carbonyl (C=O) groups is 3. The number of ether oxygens (including phenoxy) is 1. The molecule has 7 nitrogen and oxygen atoms in total. The standard InChI is InChI=1S/C28H28N2O5/c1-18(14-26(31)29-16-19-10-12-20(13-11-19)27(32)33)15-30-28(34)35-17-25-23-8-4-2-6-21(23)22-7-3-5-9-24(22)25/h2-13,18,25H,14-17H2,1H3,(H,29,31)(H,30,34)(H,32,33). The van der Waals surface area contributed by atoms with Crippen LogP contribution in [0.3, 0.4) is 0 Å². The Morgan fingerprint density at radius 2 is 1.49 bits per heavy atom. The number of amides is 2. The van der Waals surface area contributed by atoms with Crippen LogP contribution in [0.5, 0.6) is 0 Å².